The van der Waals surface area contributed by atoms with E-state index in [0.717, 1.165) is 17.1 Å². The van der Waals surface area contributed by atoms with Gasteiger partial charge in [-0.2, -0.15) is 0 Å². The standard InChI is InChI=1S/C50H35N/c1-3-10-36(11-4-1)38-22-28-46(29-23-38)51(47-30-24-39(25-31-47)37-12-5-2-6-13-37)48-32-26-40(27-33-48)43-20-18-41-19-21-44(35-45(41)34-43)50-17-9-15-42-14-7-8-16-49(42)50/h1-35H. The number of benzene rings is 9. The summed E-state index contributed by atoms with van der Waals surface area (Å²) in [4.78, 5) is 2.34. The average molecular weight is 650 g/mol. The Bertz CT molecular complexity index is 2500. The summed E-state index contributed by atoms with van der Waals surface area (Å²) in [6.45, 7) is 0. The summed E-state index contributed by atoms with van der Waals surface area (Å²) >= 11 is 0. The highest BCUT2D eigenvalue weighted by molar-refractivity contribution is 5.99. The molecule has 9 aromatic carbocycles. The van der Waals surface area contributed by atoms with E-state index in [1.54, 1.807) is 0 Å². The van der Waals surface area contributed by atoms with Crippen molar-refractivity contribution in [2.75, 3.05) is 4.90 Å². The lowest BCUT2D eigenvalue weighted by atomic mass is 9.95. The molecule has 0 N–H and O–H groups in total. The van der Waals surface area contributed by atoms with Gasteiger partial charge in [0, 0.05) is 17.1 Å². The van der Waals surface area contributed by atoms with E-state index in [-0.39, 0.29) is 0 Å². The van der Waals surface area contributed by atoms with E-state index in [4.69, 9.17) is 0 Å². The average Bonchev–Trinajstić information content (AvgIpc) is 3.22. The lowest BCUT2D eigenvalue weighted by molar-refractivity contribution is 1.28. The molecule has 51 heavy (non-hydrogen) atoms. The molecule has 240 valence electrons. The summed E-state index contributed by atoms with van der Waals surface area (Å²) in [5.74, 6) is 0. The molecule has 0 spiro atoms. The molecule has 0 aromatic heterocycles. The van der Waals surface area contributed by atoms with Crippen LogP contribution in [-0.2, 0) is 0 Å². The second kappa shape index (κ2) is 13.3. The molecular formula is C50H35N. The van der Waals surface area contributed by atoms with Crippen LogP contribution in [0.2, 0.25) is 0 Å². The van der Waals surface area contributed by atoms with Crippen LogP contribution < -0.4 is 4.90 Å². The molecule has 0 fully saturated rings. The summed E-state index contributed by atoms with van der Waals surface area (Å²) in [6.07, 6.45) is 0. The van der Waals surface area contributed by atoms with Crippen LogP contribution in [0.4, 0.5) is 17.1 Å². The monoisotopic (exact) mass is 649 g/mol. The molecule has 0 bridgehead atoms. The van der Waals surface area contributed by atoms with Crippen LogP contribution in [0.3, 0.4) is 0 Å². The molecule has 0 saturated carbocycles. The van der Waals surface area contributed by atoms with E-state index >= 15 is 0 Å². The van der Waals surface area contributed by atoms with Crippen molar-refractivity contribution < 1.29 is 0 Å². The number of fused-ring (bicyclic) bond motifs is 2. The van der Waals surface area contributed by atoms with Crippen LogP contribution in [0, 0.1) is 0 Å². The second-order valence-corrected chi connectivity index (χ2v) is 13.0. The summed E-state index contributed by atoms with van der Waals surface area (Å²) in [6, 6.07) is 76.6. The smallest absolute Gasteiger partial charge is 0.0462 e. The summed E-state index contributed by atoms with van der Waals surface area (Å²) in [7, 11) is 0. The van der Waals surface area contributed by atoms with Gasteiger partial charge in [0.1, 0.15) is 0 Å². The first-order chi connectivity index (χ1) is 25.3. The zero-order chi connectivity index (χ0) is 34.0. The molecular weight excluding hydrogens is 615 g/mol. The first-order valence-corrected chi connectivity index (χ1v) is 17.5. The summed E-state index contributed by atoms with van der Waals surface area (Å²) < 4.78 is 0. The predicted octanol–water partition coefficient (Wildman–Crippen LogP) is 14.1. The Morgan fingerprint density at radius 3 is 1.22 bits per heavy atom. The Labute approximate surface area is 299 Å². The molecule has 0 unspecified atom stereocenters. The highest BCUT2D eigenvalue weighted by atomic mass is 15.1. The van der Waals surface area contributed by atoms with Crippen molar-refractivity contribution in [1.82, 2.24) is 0 Å². The van der Waals surface area contributed by atoms with E-state index in [0.29, 0.717) is 0 Å². The van der Waals surface area contributed by atoms with Gasteiger partial charge in [-0.3, -0.25) is 0 Å². The minimum atomic E-state index is 1.11. The highest BCUT2D eigenvalue weighted by Crippen LogP contribution is 2.38. The molecule has 0 aliphatic carbocycles. The van der Waals surface area contributed by atoms with Crippen molar-refractivity contribution in [1.29, 1.82) is 0 Å². The molecule has 0 amide bonds. The van der Waals surface area contributed by atoms with Crippen LogP contribution in [0.15, 0.2) is 212 Å². The van der Waals surface area contributed by atoms with Crippen LogP contribution >= 0.6 is 0 Å². The number of rotatable bonds is 7. The summed E-state index contributed by atoms with van der Waals surface area (Å²) in [5.41, 5.74) is 13.1. The van der Waals surface area contributed by atoms with Crippen molar-refractivity contribution in [3.63, 3.8) is 0 Å². The lowest BCUT2D eigenvalue weighted by Gasteiger charge is -2.26. The Morgan fingerprint density at radius 1 is 0.235 bits per heavy atom. The maximum Gasteiger partial charge on any atom is 0.0462 e. The molecule has 9 rings (SSSR count). The number of hydrogen-bond acceptors (Lipinski definition) is 1. The van der Waals surface area contributed by atoms with Gasteiger partial charge in [-0.15, -0.1) is 0 Å². The second-order valence-electron chi connectivity index (χ2n) is 13.0. The SMILES string of the molecule is c1ccc(-c2ccc(N(c3ccc(-c4ccccc4)cc3)c3ccc(-c4ccc5ccc(-c6cccc7ccccc67)cc5c4)cc3)cc2)cc1. The minimum Gasteiger partial charge on any atom is -0.311 e. The Kier molecular flexibility index (Phi) is 7.92. The third-order valence-corrected chi connectivity index (χ3v) is 9.86. The van der Waals surface area contributed by atoms with Gasteiger partial charge in [-0.25, -0.2) is 0 Å². The van der Waals surface area contributed by atoms with Gasteiger partial charge in [-0.05, 0) is 115 Å². The van der Waals surface area contributed by atoms with Gasteiger partial charge in [0.2, 0.25) is 0 Å². The minimum absolute atomic E-state index is 1.11. The van der Waals surface area contributed by atoms with Crippen molar-refractivity contribution in [2.45, 2.75) is 0 Å². The quantitative estimate of drug-likeness (QED) is 0.166. The van der Waals surface area contributed by atoms with Crippen molar-refractivity contribution in [3.8, 4) is 44.5 Å². The van der Waals surface area contributed by atoms with E-state index in [1.807, 2.05) is 0 Å². The molecule has 0 radical (unpaired) electrons. The van der Waals surface area contributed by atoms with Crippen LogP contribution in [0.5, 0.6) is 0 Å². The van der Waals surface area contributed by atoms with Gasteiger partial charge in [-0.1, -0.05) is 164 Å². The Morgan fingerprint density at radius 2 is 0.647 bits per heavy atom. The molecule has 0 heterocycles. The third-order valence-electron chi connectivity index (χ3n) is 9.86. The molecule has 9 aromatic rings. The van der Waals surface area contributed by atoms with Gasteiger partial charge in [0.15, 0.2) is 0 Å². The molecule has 0 atom stereocenters. The van der Waals surface area contributed by atoms with Crippen LogP contribution in [-0.4, -0.2) is 0 Å². The largest absolute Gasteiger partial charge is 0.311 e. The molecule has 0 aliphatic heterocycles. The number of hydrogen-bond donors (Lipinski definition) is 0. The van der Waals surface area contributed by atoms with Crippen molar-refractivity contribution in [3.05, 3.63) is 212 Å². The number of nitrogens with zero attached hydrogens (tertiary/aromatic N) is 1. The first kappa shape index (κ1) is 30.4. The van der Waals surface area contributed by atoms with Crippen LogP contribution in [0.1, 0.15) is 0 Å². The Balaban J connectivity index is 1.07. The van der Waals surface area contributed by atoms with Crippen LogP contribution in [0.25, 0.3) is 66.1 Å². The molecule has 1 nitrogen and oxygen atoms in total. The van der Waals surface area contributed by atoms with Gasteiger partial charge >= 0.3 is 0 Å². The van der Waals surface area contributed by atoms with Crippen molar-refractivity contribution >= 4 is 38.6 Å². The molecule has 0 aliphatic rings. The maximum atomic E-state index is 2.34. The van der Waals surface area contributed by atoms with E-state index in [9.17, 15) is 0 Å². The topological polar surface area (TPSA) is 3.24 Å². The number of anilines is 3. The fourth-order valence-corrected chi connectivity index (χ4v) is 7.19. The predicted molar refractivity (Wildman–Crippen MR) is 218 cm³/mol. The fraction of sp³-hybridized carbons (Fsp3) is 0. The molecule has 1 heteroatoms. The van der Waals surface area contributed by atoms with E-state index in [2.05, 4.69) is 217 Å². The third kappa shape index (κ3) is 6.07. The zero-order valence-electron chi connectivity index (χ0n) is 28.2. The fourth-order valence-electron chi connectivity index (χ4n) is 7.19. The van der Waals surface area contributed by atoms with Gasteiger partial charge < -0.3 is 4.90 Å². The van der Waals surface area contributed by atoms with Crippen molar-refractivity contribution in [2.24, 2.45) is 0 Å². The van der Waals surface area contributed by atoms with E-state index in [1.165, 1.54) is 66.1 Å². The van der Waals surface area contributed by atoms with Gasteiger partial charge in [0.25, 0.3) is 0 Å². The maximum absolute atomic E-state index is 2.34. The highest BCUT2D eigenvalue weighted by Gasteiger charge is 2.14. The summed E-state index contributed by atoms with van der Waals surface area (Å²) in [5, 5.41) is 5.02. The van der Waals surface area contributed by atoms with Gasteiger partial charge in [0.05, 0.1) is 0 Å². The molecule has 0 saturated heterocycles. The lowest BCUT2D eigenvalue weighted by Crippen LogP contribution is -2.09. The van der Waals surface area contributed by atoms with E-state index < -0.39 is 0 Å². The first-order valence-electron chi connectivity index (χ1n) is 17.5. The normalized spacial score (nSPS) is 11.1. The zero-order valence-corrected chi connectivity index (χ0v) is 28.2. The Hall–Kier alpha value is -6.70.